The first-order valence-electron chi connectivity index (χ1n) is 13.0. The molecule has 3 aromatic rings. The normalized spacial score (nSPS) is 23.3. The largest absolute Gasteiger partial charge is 0.417 e. The molecule has 200 valence electrons. The quantitative estimate of drug-likeness (QED) is 0.385. The monoisotopic (exact) mass is 545 g/mol. The van der Waals surface area contributed by atoms with Crippen molar-refractivity contribution < 1.29 is 22.7 Å². The van der Waals surface area contributed by atoms with E-state index in [-0.39, 0.29) is 23.9 Å². The van der Waals surface area contributed by atoms with E-state index >= 15 is 0 Å². The lowest BCUT2D eigenvalue weighted by molar-refractivity contribution is -0.137. The molecule has 0 spiro atoms. The second-order valence-electron chi connectivity index (χ2n) is 10.1. The van der Waals surface area contributed by atoms with Gasteiger partial charge in [-0.15, -0.1) is 0 Å². The Morgan fingerprint density at radius 2 is 1.95 bits per heavy atom. The summed E-state index contributed by atoms with van der Waals surface area (Å²) in [7, 11) is 0. The maximum atomic E-state index is 13.8. The number of aryl methyl sites for hydroxylation is 1. The van der Waals surface area contributed by atoms with Crippen LogP contribution in [0.15, 0.2) is 30.5 Å². The molecule has 11 heteroatoms. The average Bonchev–Trinajstić information content (AvgIpc) is 3.38. The smallest absolute Gasteiger partial charge is 0.356 e. The first-order chi connectivity index (χ1) is 18.2. The molecule has 2 bridgehead atoms. The first kappa shape index (κ1) is 25.3. The summed E-state index contributed by atoms with van der Waals surface area (Å²) in [5.74, 6) is 0.0597. The molecular formula is C27H27ClF3N5O2. The second kappa shape index (κ2) is 9.64. The summed E-state index contributed by atoms with van der Waals surface area (Å²) >= 11 is 6.16. The Hall–Kier alpha value is -2.98. The topological polar surface area (TPSA) is 73.1 Å². The van der Waals surface area contributed by atoms with Gasteiger partial charge in [0, 0.05) is 24.4 Å². The number of alkyl halides is 3. The van der Waals surface area contributed by atoms with E-state index in [1.807, 2.05) is 17.7 Å². The van der Waals surface area contributed by atoms with Crippen molar-refractivity contribution in [1.82, 2.24) is 24.6 Å². The molecular weight excluding hydrogens is 519 g/mol. The summed E-state index contributed by atoms with van der Waals surface area (Å²) in [5.41, 5.74) is 2.18. The second-order valence-corrected chi connectivity index (χ2v) is 10.5. The first-order valence-corrected chi connectivity index (χ1v) is 13.3. The van der Waals surface area contributed by atoms with Gasteiger partial charge in [-0.05, 0) is 70.1 Å². The van der Waals surface area contributed by atoms with E-state index in [2.05, 4.69) is 5.10 Å². The van der Waals surface area contributed by atoms with Crippen molar-refractivity contribution in [3.8, 4) is 11.4 Å². The number of ether oxygens (including phenoxy) is 1. The summed E-state index contributed by atoms with van der Waals surface area (Å²) in [6.45, 7) is 2.50. The molecule has 0 radical (unpaired) electrons. The minimum absolute atomic E-state index is 0.139. The third kappa shape index (κ3) is 4.27. The Labute approximate surface area is 223 Å². The van der Waals surface area contributed by atoms with Crippen LogP contribution < -0.4 is 0 Å². The summed E-state index contributed by atoms with van der Waals surface area (Å²) in [4.78, 5) is 25.1. The molecule has 3 unspecified atom stereocenters. The van der Waals surface area contributed by atoms with Crippen LogP contribution in [0.4, 0.5) is 13.2 Å². The van der Waals surface area contributed by atoms with Crippen molar-refractivity contribution in [1.29, 1.82) is 0 Å². The molecule has 7 nitrogen and oxygen atoms in total. The predicted molar refractivity (Wildman–Crippen MR) is 134 cm³/mol. The lowest BCUT2D eigenvalue weighted by Crippen LogP contribution is -2.50. The van der Waals surface area contributed by atoms with Gasteiger partial charge >= 0.3 is 6.18 Å². The number of carbonyl (C=O) groups excluding carboxylic acids is 1. The zero-order valence-corrected chi connectivity index (χ0v) is 21.6. The summed E-state index contributed by atoms with van der Waals surface area (Å²) in [6, 6.07) is 4.84. The van der Waals surface area contributed by atoms with E-state index in [0.717, 1.165) is 60.8 Å². The molecule has 3 atom stereocenters. The fraction of sp³-hybridized carbons (Fsp3) is 0.481. The van der Waals surface area contributed by atoms with Crippen LogP contribution in [-0.2, 0) is 17.3 Å². The molecule has 1 aromatic carbocycles. The van der Waals surface area contributed by atoms with Crippen LogP contribution in [0.3, 0.4) is 0 Å². The Morgan fingerprint density at radius 1 is 1.11 bits per heavy atom. The molecule has 1 amide bonds. The molecule has 2 saturated heterocycles. The third-order valence-corrected chi connectivity index (χ3v) is 8.17. The molecule has 2 fully saturated rings. The number of fused-ring (bicyclic) bond motifs is 4. The summed E-state index contributed by atoms with van der Waals surface area (Å²) in [5, 5.41) is 3.98. The molecule has 38 heavy (non-hydrogen) atoms. The molecule has 3 aliphatic heterocycles. The lowest BCUT2D eigenvalue weighted by Gasteiger charge is -2.46. The highest BCUT2D eigenvalue weighted by Crippen LogP contribution is 2.45. The van der Waals surface area contributed by atoms with Crippen LogP contribution in [0, 0.1) is 6.92 Å². The molecule has 0 aliphatic carbocycles. The summed E-state index contributed by atoms with van der Waals surface area (Å²) < 4.78 is 48.4. The van der Waals surface area contributed by atoms with Gasteiger partial charge in [0.05, 0.1) is 39.3 Å². The Morgan fingerprint density at radius 3 is 2.71 bits per heavy atom. The van der Waals surface area contributed by atoms with Gasteiger partial charge in [0.2, 0.25) is 0 Å². The van der Waals surface area contributed by atoms with E-state index in [9.17, 15) is 18.0 Å². The van der Waals surface area contributed by atoms with E-state index in [1.165, 1.54) is 12.1 Å². The highest BCUT2D eigenvalue weighted by atomic mass is 35.5. The van der Waals surface area contributed by atoms with Crippen LogP contribution in [0.1, 0.15) is 83.8 Å². The van der Waals surface area contributed by atoms with Gasteiger partial charge in [0.15, 0.2) is 6.23 Å². The maximum absolute atomic E-state index is 13.8. The van der Waals surface area contributed by atoms with Crippen LogP contribution in [-0.4, -0.2) is 43.2 Å². The van der Waals surface area contributed by atoms with Gasteiger partial charge in [0.25, 0.3) is 5.91 Å². The van der Waals surface area contributed by atoms with Gasteiger partial charge in [-0.25, -0.2) is 14.6 Å². The van der Waals surface area contributed by atoms with Gasteiger partial charge in [-0.2, -0.15) is 18.3 Å². The van der Waals surface area contributed by atoms with Crippen molar-refractivity contribution >= 4 is 17.5 Å². The molecule has 0 N–H and O–H groups in total. The number of benzene rings is 1. The van der Waals surface area contributed by atoms with E-state index in [1.54, 1.807) is 11.1 Å². The highest BCUT2D eigenvalue weighted by Gasteiger charge is 2.44. The Bertz CT molecular complexity index is 1390. The third-order valence-electron chi connectivity index (χ3n) is 7.76. The Kier molecular flexibility index (Phi) is 6.42. The van der Waals surface area contributed by atoms with E-state index in [0.29, 0.717) is 25.3 Å². The number of amides is 1. The van der Waals surface area contributed by atoms with Crippen molar-refractivity contribution in [2.45, 2.75) is 76.4 Å². The molecule has 0 saturated carbocycles. The van der Waals surface area contributed by atoms with Crippen LogP contribution in [0.2, 0.25) is 5.02 Å². The fourth-order valence-corrected chi connectivity index (χ4v) is 6.41. The van der Waals surface area contributed by atoms with E-state index < -0.39 is 22.7 Å². The zero-order chi connectivity index (χ0) is 26.6. The SMILES string of the molecule is Cc1nc(-c2ccnn2C2CCCCO2)c2c(n1)C1CCCC(C2)N1C(=O)c1cccc(C(F)(F)F)c1Cl. The van der Waals surface area contributed by atoms with Crippen molar-refractivity contribution in [3.63, 3.8) is 0 Å². The predicted octanol–water partition coefficient (Wildman–Crippen LogP) is 6.31. The van der Waals surface area contributed by atoms with E-state index in [4.69, 9.17) is 26.3 Å². The van der Waals surface area contributed by atoms with Crippen molar-refractivity contribution in [3.05, 3.63) is 63.7 Å². The number of piperidine rings is 1. The maximum Gasteiger partial charge on any atom is 0.417 e. The number of aromatic nitrogens is 4. The lowest BCUT2D eigenvalue weighted by atomic mass is 9.81. The molecule has 5 heterocycles. The van der Waals surface area contributed by atoms with Crippen molar-refractivity contribution in [2.75, 3.05) is 6.61 Å². The number of hydrogen-bond donors (Lipinski definition) is 0. The zero-order valence-electron chi connectivity index (χ0n) is 20.8. The van der Waals surface area contributed by atoms with Crippen LogP contribution in [0.5, 0.6) is 0 Å². The number of nitrogens with zero attached hydrogens (tertiary/aromatic N) is 5. The average molecular weight is 546 g/mol. The van der Waals surface area contributed by atoms with Crippen LogP contribution >= 0.6 is 11.6 Å². The molecule has 6 rings (SSSR count). The van der Waals surface area contributed by atoms with Crippen LogP contribution in [0.25, 0.3) is 11.4 Å². The number of rotatable bonds is 3. The molecule has 3 aliphatic rings. The Balaban J connectivity index is 1.42. The van der Waals surface area contributed by atoms with Crippen molar-refractivity contribution in [2.24, 2.45) is 0 Å². The number of hydrogen-bond acceptors (Lipinski definition) is 5. The minimum Gasteiger partial charge on any atom is -0.356 e. The fourth-order valence-electron chi connectivity index (χ4n) is 6.10. The van der Waals surface area contributed by atoms with Gasteiger partial charge in [-0.3, -0.25) is 4.79 Å². The van der Waals surface area contributed by atoms with Gasteiger partial charge in [0.1, 0.15) is 5.82 Å². The highest BCUT2D eigenvalue weighted by molar-refractivity contribution is 6.34. The number of halogens is 4. The summed E-state index contributed by atoms with van der Waals surface area (Å²) in [6.07, 6.45) is 2.66. The molecule has 2 aromatic heterocycles. The standard InChI is InChI=1S/C27H27ClF3N5O2/c1-15-33-24-18(25(34-15)21-11-12-32-36(21)22-10-2-3-13-38-22)14-16-6-4-9-20(24)35(16)26(37)17-7-5-8-19(23(17)28)27(29,30)31/h5,7-8,11-12,16,20,22H,2-4,6,9-10,13-14H2,1H3. The number of carbonyl (C=O) groups is 1. The van der Waals surface area contributed by atoms with Gasteiger partial charge < -0.3 is 9.64 Å². The minimum atomic E-state index is -4.65. The van der Waals surface area contributed by atoms with Gasteiger partial charge in [-0.1, -0.05) is 17.7 Å².